The number of piperidine rings is 2. The fraction of sp³-hybridized carbons (Fsp3) is 0.619. The number of carbonyl (C=O) groups excluding carboxylic acids is 2. The summed E-state index contributed by atoms with van der Waals surface area (Å²) in [5.41, 5.74) is 0.664. The van der Waals surface area contributed by atoms with Gasteiger partial charge in [-0.15, -0.1) is 0 Å². The molecule has 3 amide bonds. The summed E-state index contributed by atoms with van der Waals surface area (Å²) in [5, 5.41) is 3.06. The highest BCUT2D eigenvalue weighted by Crippen LogP contribution is 2.32. The summed E-state index contributed by atoms with van der Waals surface area (Å²) in [5.74, 6) is 0.0183. The summed E-state index contributed by atoms with van der Waals surface area (Å²) >= 11 is 0. The van der Waals surface area contributed by atoms with Crippen molar-refractivity contribution in [3.8, 4) is 0 Å². The Bertz CT molecular complexity index is 677. The van der Waals surface area contributed by atoms with Crippen LogP contribution in [0, 0.1) is 0 Å². The molecule has 0 aromatic heterocycles. The van der Waals surface area contributed by atoms with Gasteiger partial charge in [-0.05, 0) is 37.8 Å². The zero-order valence-electron chi connectivity index (χ0n) is 16.2. The number of hydrogen-bond acceptors (Lipinski definition) is 4. The smallest absolute Gasteiger partial charge is 0.323 e. The van der Waals surface area contributed by atoms with Crippen LogP contribution >= 0.6 is 0 Å². The van der Waals surface area contributed by atoms with Crippen molar-refractivity contribution in [1.29, 1.82) is 0 Å². The Morgan fingerprint density at radius 1 is 1.00 bits per heavy atom. The first-order valence-electron chi connectivity index (χ1n) is 10.3. The molecular weight excluding hydrogens is 340 g/mol. The Morgan fingerprint density at radius 3 is 2.30 bits per heavy atom. The predicted octanol–water partition coefficient (Wildman–Crippen LogP) is 2.06. The van der Waals surface area contributed by atoms with Crippen LogP contribution in [0.15, 0.2) is 30.3 Å². The van der Waals surface area contributed by atoms with Crippen LogP contribution in [-0.2, 0) is 11.3 Å². The van der Waals surface area contributed by atoms with E-state index in [9.17, 15) is 9.59 Å². The molecule has 0 atom stereocenters. The summed E-state index contributed by atoms with van der Waals surface area (Å²) in [4.78, 5) is 32.1. The van der Waals surface area contributed by atoms with Gasteiger partial charge >= 0.3 is 6.03 Å². The maximum atomic E-state index is 13.2. The zero-order chi connectivity index (χ0) is 18.9. The van der Waals surface area contributed by atoms with Gasteiger partial charge in [0.05, 0.1) is 0 Å². The summed E-state index contributed by atoms with van der Waals surface area (Å²) in [6.45, 7) is 7.69. The summed E-state index contributed by atoms with van der Waals surface area (Å²) in [7, 11) is 0. The molecule has 3 aliphatic rings. The number of benzene rings is 1. The molecule has 0 bridgehead atoms. The molecule has 0 saturated carbocycles. The highest BCUT2D eigenvalue weighted by molar-refractivity contribution is 6.07. The number of nitrogens with one attached hydrogen (secondary N) is 1. The highest BCUT2D eigenvalue weighted by Gasteiger charge is 2.54. The second-order valence-electron chi connectivity index (χ2n) is 8.11. The Morgan fingerprint density at radius 2 is 1.67 bits per heavy atom. The third-order valence-electron chi connectivity index (χ3n) is 6.52. The topological polar surface area (TPSA) is 55.9 Å². The first-order chi connectivity index (χ1) is 13.1. The van der Waals surface area contributed by atoms with Crippen molar-refractivity contribution in [2.24, 2.45) is 0 Å². The molecule has 1 aromatic carbocycles. The number of hydrogen-bond donors (Lipinski definition) is 1. The van der Waals surface area contributed by atoms with Crippen molar-refractivity contribution in [3.05, 3.63) is 35.9 Å². The van der Waals surface area contributed by atoms with E-state index in [2.05, 4.69) is 46.3 Å². The Hall–Kier alpha value is -1.92. The number of imide groups is 1. The number of nitrogens with zero attached hydrogens (tertiary/aromatic N) is 3. The molecule has 6 nitrogen and oxygen atoms in total. The Labute approximate surface area is 161 Å². The van der Waals surface area contributed by atoms with E-state index in [1.807, 2.05) is 6.07 Å². The number of rotatable bonds is 4. The first kappa shape index (κ1) is 18.4. The normalized spacial score (nSPS) is 24.6. The van der Waals surface area contributed by atoms with Gasteiger partial charge < -0.3 is 10.2 Å². The second kappa shape index (κ2) is 7.60. The molecule has 1 aromatic rings. The van der Waals surface area contributed by atoms with Crippen LogP contribution in [0.5, 0.6) is 0 Å². The number of carbonyl (C=O) groups is 2. The minimum atomic E-state index is -0.649. The SMILES string of the molecule is CCN1CCC2(CC1)NC(=O)N(C1CCN(Cc3ccccc3)CC1)C2=O. The van der Waals surface area contributed by atoms with Crippen LogP contribution in [0.1, 0.15) is 38.2 Å². The van der Waals surface area contributed by atoms with Crippen molar-refractivity contribution in [3.63, 3.8) is 0 Å². The molecule has 1 N–H and O–H groups in total. The maximum absolute atomic E-state index is 13.2. The van der Waals surface area contributed by atoms with Crippen LogP contribution in [0.3, 0.4) is 0 Å². The van der Waals surface area contributed by atoms with Crippen molar-refractivity contribution in [1.82, 2.24) is 20.0 Å². The summed E-state index contributed by atoms with van der Waals surface area (Å²) in [6, 6.07) is 10.3. The lowest BCUT2D eigenvalue weighted by Crippen LogP contribution is -2.55. The van der Waals surface area contributed by atoms with Crippen LogP contribution in [0.2, 0.25) is 0 Å². The first-order valence-corrected chi connectivity index (χ1v) is 10.3. The molecule has 4 rings (SSSR count). The van der Waals surface area contributed by atoms with Crippen LogP contribution in [0.25, 0.3) is 0 Å². The van der Waals surface area contributed by atoms with Gasteiger partial charge in [0.15, 0.2) is 0 Å². The minimum Gasteiger partial charge on any atom is -0.323 e. The molecule has 3 fully saturated rings. The molecule has 3 heterocycles. The molecule has 0 radical (unpaired) electrons. The molecule has 146 valence electrons. The van der Waals surface area contributed by atoms with Crippen LogP contribution < -0.4 is 5.32 Å². The average Bonchev–Trinajstić information content (AvgIpc) is 2.94. The number of likely N-dealkylation sites (tertiary alicyclic amines) is 2. The lowest BCUT2D eigenvalue weighted by atomic mass is 9.87. The minimum absolute atomic E-state index is 0.0183. The quantitative estimate of drug-likeness (QED) is 0.825. The Balaban J connectivity index is 1.36. The fourth-order valence-corrected chi connectivity index (χ4v) is 4.74. The fourth-order valence-electron chi connectivity index (χ4n) is 4.74. The molecule has 1 spiro atoms. The second-order valence-corrected chi connectivity index (χ2v) is 8.11. The van der Waals surface area contributed by atoms with E-state index >= 15 is 0 Å². The van der Waals surface area contributed by atoms with Gasteiger partial charge in [-0.2, -0.15) is 0 Å². The van der Waals surface area contributed by atoms with Gasteiger partial charge in [0.2, 0.25) is 0 Å². The van der Waals surface area contributed by atoms with Gasteiger partial charge in [0.25, 0.3) is 5.91 Å². The van der Waals surface area contributed by atoms with Gasteiger partial charge in [-0.3, -0.25) is 14.6 Å². The van der Waals surface area contributed by atoms with Crippen molar-refractivity contribution >= 4 is 11.9 Å². The number of amides is 3. The molecule has 0 aliphatic carbocycles. The van der Waals surface area contributed by atoms with Crippen LogP contribution in [0.4, 0.5) is 4.79 Å². The lowest BCUT2D eigenvalue weighted by Gasteiger charge is -2.38. The third-order valence-corrected chi connectivity index (χ3v) is 6.52. The Kier molecular flexibility index (Phi) is 5.19. The largest absolute Gasteiger partial charge is 0.325 e. The lowest BCUT2D eigenvalue weighted by molar-refractivity contribution is -0.135. The van der Waals surface area contributed by atoms with E-state index in [1.165, 1.54) is 5.56 Å². The molecule has 3 aliphatic heterocycles. The van der Waals surface area contributed by atoms with Crippen molar-refractivity contribution in [2.75, 3.05) is 32.7 Å². The van der Waals surface area contributed by atoms with Gasteiger partial charge in [-0.25, -0.2) is 4.79 Å². The molecular formula is C21H30N4O2. The van der Waals surface area contributed by atoms with Crippen molar-refractivity contribution < 1.29 is 9.59 Å². The van der Waals surface area contributed by atoms with E-state index < -0.39 is 5.54 Å². The van der Waals surface area contributed by atoms with Gasteiger partial charge in [-0.1, -0.05) is 37.3 Å². The standard InChI is InChI=1S/C21H30N4O2/c1-2-23-14-10-21(11-15-23)19(26)25(20(27)22-21)18-8-12-24(13-9-18)16-17-6-4-3-5-7-17/h3-7,18H,2,8-16H2,1H3,(H,22,27). The van der Waals surface area contributed by atoms with E-state index in [0.29, 0.717) is 0 Å². The van der Waals surface area contributed by atoms with Gasteiger partial charge in [0.1, 0.15) is 5.54 Å². The zero-order valence-corrected chi connectivity index (χ0v) is 16.2. The van der Waals surface area contributed by atoms with Crippen molar-refractivity contribution in [2.45, 2.75) is 50.7 Å². The van der Waals surface area contributed by atoms with E-state index in [-0.39, 0.29) is 18.0 Å². The number of urea groups is 1. The summed E-state index contributed by atoms with van der Waals surface area (Å²) < 4.78 is 0. The predicted molar refractivity (Wildman–Crippen MR) is 104 cm³/mol. The molecule has 0 unspecified atom stereocenters. The molecule has 27 heavy (non-hydrogen) atoms. The molecule has 6 heteroatoms. The van der Waals surface area contributed by atoms with E-state index in [1.54, 1.807) is 4.90 Å². The van der Waals surface area contributed by atoms with E-state index in [4.69, 9.17) is 0 Å². The monoisotopic (exact) mass is 370 g/mol. The van der Waals surface area contributed by atoms with Crippen LogP contribution in [-0.4, -0.2) is 70.9 Å². The average molecular weight is 370 g/mol. The highest BCUT2D eigenvalue weighted by atomic mass is 16.2. The van der Waals surface area contributed by atoms with Gasteiger partial charge in [0, 0.05) is 38.8 Å². The maximum Gasteiger partial charge on any atom is 0.325 e. The summed E-state index contributed by atoms with van der Waals surface area (Å²) in [6.07, 6.45) is 3.19. The molecule has 3 saturated heterocycles. The third kappa shape index (κ3) is 3.60. The van der Waals surface area contributed by atoms with E-state index in [0.717, 1.165) is 65.0 Å².